The lowest BCUT2D eigenvalue weighted by atomic mass is 9.96. The third-order valence-corrected chi connectivity index (χ3v) is 11.2. The topological polar surface area (TPSA) is 81.2 Å². The lowest BCUT2D eigenvalue weighted by Gasteiger charge is -2.21. The normalized spacial score (nSPS) is 11.5. The van der Waals surface area contributed by atoms with Gasteiger partial charge in [0.05, 0.1) is 73.9 Å². The van der Waals surface area contributed by atoms with Gasteiger partial charge in [0.15, 0.2) is 0 Å². The Morgan fingerprint density at radius 2 is 0.800 bits per heavy atom. The molecule has 0 N–H and O–H groups in total. The zero-order valence-corrected chi connectivity index (χ0v) is 31.5. The van der Waals surface area contributed by atoms with Crippen LogP contribution < -0.4 is 0 Å². The van der Waals surface area contributed by atoms with Gasteiger partial charge in [-0.05, 0) is 113 Å². The summed E-state index contributed by atoms with van der Waals surface area (Å²) in [5, 5.41) is 33.5. The van der Waals surface area contributed by atoms with Crippen LogP contribution in [0.25, 0.3) is 88.4 Å². The molecule has 2 heterocycles. The maximum atomic E-state index is 14.5. The van der Waals surface area contributed by atoms with E-state index in [1.165, 1.54) is 12.1 Å². The number of rotatable bonds is 5. The summed E-state index contributed by atoms with van der Waals surface area (Å²) in [4.78, 5) is 0. The Bertz CT molecular complexity index is 3330. The van der Waals surface area contributed by atoms with Crippen LogP contribution in [-0.4, -0.2) is 9.13 Å². The van der Waals surface area contributed by atoms with Crippen molar-refractivity contribution >= 4 is 43.6 Å². The van der Waals surface area contributed by atoms with E-state index in [2.05, 4.69) is 30.3 Å². The number of benzene rings is 8. The molecule has 282 valence electrons. The third-order valence-electron chi connectivity index (χ3n) is 11.2. The molecule has 0 aliphatic carbocycles. The van der Waals surface area contributed by atoms with Gasteiger partial charge in [0.25, 0.3) is 0 Å². The summed E-state index contributed by atoms with van der Waals surface area (Å²) in [6.45, 7) is 0. The molecule has 0 aliphatic rings. The second-order valence-electron chi connectivity index (χ2n) is 14.6. The molecule has 10 aromatic rings. The van der Waals surface area contributed by atoms with Gasteiger partial charge in [-0.15, -0.1) is 0 Å². The Balaban J connectivity index is 1.32. The molecule has 0 fully saturated rings. The Hall–Kier alpha value is -8.38. The van der Waals surface area contributed by atoms with Crippen molar-refractivity contribution in [1.29, 1.82) is 15.8 Å². The highest BCUT2D eigenvalue weighted by Gasteiger charge is 2.32. The van der Waals surface area contributed by atoms with E-state index in [0.29, 0.717) is 39.2 Å². The minimum Gasteiger partial charge on any atom is -0.308 e. The van der Waals surface area contributed by atoms with Crippen molar-refractivity contribution in [1.82, 2.24) is 9.13 Å². The number of nitriles is 3. The summed E-state index contributed by atoms with van der Waals surface area (Å²) in [6.07, 6.45) is -4.61. The molecule has 0 radical (unpaired) electrons. The molecule has 8 aromatic carbocycles. The van der Waals surface area contributed by atoms with Gasteiger partial charge in [0.2, 0.25) is 0 Å². The zero-order chi connectivity index (χ0) is 41.1. The van der Waals surface area contributed by atoms with E-state index < -0.39 is 11.7 Å². The van der Waals surface area contributed by atoms with Crippen molar-refractivity contribution in [3.63, 3.8) is 0 Å². The van der Waals surface area contributed by atoms with Crippen LogP contribution in [0.3, 0.4) is 0 Å². The van der Waals surface area contributed by atoms with Crippen molar-refractivity contribution < 1.29 is 13.2 Å². The summed E-state index contributed by atoms with van der Waals surface area (Å²) in [6, 6.07) is 58.2. The Morgan fingerprint density at radius 3 is 1.28 bits per heavy atom. The van der Waals surface area contributed by atoms with Gasteiger partial charge in [0.1, 0.15) is 0 Å². The molecule has 8 heteroatoms. The van der Waals surface area contributed by atoms with Crippen LogP contribution in [0.2, 0.25) is 0 Å². The van der Waals surface area contributed by atoms with Crippen molar-refractivity contribution in [3.8, 4) is 63.0 Å². The number of hydrogen-bond acceptors (Lipinski definition) is 3. The van der Waals surface area contributed by atoms with Crippen LogP contribution in [0.1, 0.15) is 22.3 Å². The van der Waals surface area contributed by atoms with Crippen LogP contribution >= 0.6 is 0 Å². The van der Waals surface area contributed by atoms with Crippen LogP contribution in [0.5, 0.6) is 0 Å². The molecule has 60 heavy (non-hydrogen) atoms. The molecular formula is C52H28F3N5. The van der Waals surface area contributed by atoms with Gasteiger partial charge in [-0.3, -0.25) is 0 Å². The highest BCUT2D eigenvalue weighted by atomic mass is 19.4. The fraction of sp³-hybridized carbons (Fsp3) is 0.0192. The average molecular weight is 780 g/mol. The van der Waals surface area contributed by atoms with Gasteiger partial charge in [-0.2, -0.15) is 29.0 Å². The van der Waals surface area contributed by atoms with E-state index in [1.54, 1.807) is 30.3 Å². The first-order valence-corrected chi connectivity index (χ1v) is 19.1. The maximum Gasteiger partial charge on any atom is 0.416 e. The third kappa shape index (κ3) is 5.85. The summed E-state index contributed by atoms with van der Waals surface area (Å²) < 4.78 is 47.7. The highest BCUT2D eigenvalue weighted by molar-refractivity contribution is 6.13. The van der Waals surface area contributed by atoms with Crippen LogP contribution in [0.15, 0.2) is 170 Å². The fourth-order valence-electron chi connectivity index (χ4n) is 8.54. The lowest BCUT2D eigenvalue weighted by Crippen LogP contribution is -2.07. The standard InChI is InChI=1S/C52H28F3N5/c53-52(54,55)40-13-7-12-39(26-40)51-49(59-45-16-3-1-14-41(45)43-27-37(18-20-47(43)59)35-10-5-8-32(22-35)29-56)24-34(31-58)25-50(51)60-46-17-4-2-15-42(46)44-28-38(19-21-48(44)60)36-11-6-9-33(23-36)30-57/h1-28H. The molecule has 2 aromatic heterocycles. The monoisotopic (exact) mass is 779 g/mol. The molecule has 0 aliphatic heterocycles. The molecule has 0 atom stereocenters. The Kier molecular flexibility index (Phi) is 8.35. The van der Waals surface area contributed by atoms with Crippen LogP contribution in [0, 0.1) is 34.0 Å². The number of hydrogen-bond donors (Lipinski definition) is 0. The second-order valence-corrected chi connectivity index (χ2v) is 14.6. The van der Waals surface area contributed by atoms with Crippen molar-refractivity contribution in [2.45, 2.75) is 6.18 Å². The number of alkyl halides is 3. The minimum absolute atomic E-state index is 0.322. The summed E-state index contributed by atoms with van der Waals surface area (Å²) in [5.74, 6) is 0. The first kappa shape index (κ1) is 36.0. The molecular weight excluding hydrogens is 752 g/mol. The molecule has 0 spiro atoms. The van der Waals surface area contributed by atoms with Crippen LogP contribution in [0.4, 0.5) is 13.2 Å². The van der Waals surface area contributed by atoms with Crippen molar-refractivity contribution in [2.75, 3.05) is 0 Å². The zero-order valence-electron chi connectivity index (χ0n) is 31.5. The Morgan fingerprint density at radius 1 is 0.367 bits per heavy atom. The Labute approximate surface area is 341 Å². The molecule has 0 bridgehead atoms. The van der Waals surface area contributed by atoms with Crippen molar-refractivity contribution in [2.24, 2.45) is 0 Å². The predicted molar refractivity (Wildman–Crippen MR) is 231 cm³/mol. The van der Waals surface area contributed by atoms with E-state index >= 15 is 0 Å². The predicted octanol–water partition coefficient (Wildman–Crippen LogP) is 13.5. The van der Waals surface area contributed by atoms with Gasteiger partial charge in [-0.25, -0.2) is 0 Å². The summed E-state index contributed by atoms with van der Waals surface area (Å²) in [7, 11) is 0. The number of fused-ring (bicyclic) bond motifs is 6. The lowest BCUT2D eigenvalue weighted by molar-refractivity contribution is -0.137. The fourth-order valence-corrected chi connectivity index (χ4v) is 8.54. The average Bonchev–Trinajstić information content (AvgIpc) is 3.80. The van der Waals surface area contributed by atoms with Crippen LogP contribution in [-0.2, 0) is 6.18 Å². The van der Waals surface area contributed by atoms with E-state index in [1.807, 2.05) is 118 Å². The quantitative estimate of drug-likeness (QED) is 0.174. The van der Waals surface area contributed by atoms with Gasteiger partial charge in [0, 0.05) is 27.1 Å². The molecule has 10 rings (SSSR count). The van der Waals surface area contributed by atoms with Gasteiger partial charge in [-0.1, -0.05) is 84.9 Å². The molecule has 0 saturated carbocycles. The molecule has 0 unspecified atom stereocenters. The maximum absolute atomic E-state index is 14.5. The molecule has 0 amide bonds. The first-order chi connectivity index (χ1) is 29.2. The first-order valence-electron chi connectivity index (χ1n) is 19.1. The number of aromatic nitrogens is 2. The van der Waals surface area contributed by atoms with Gasteiger partial charge < -0.3 is 9.13 Å². The largest absolute Gasteiger partial charge is 0.416 e. The van der Waals surface area contributed by atoms with E-state index in [9.17, 15) is 29.0 Å². The summed E-state index contributed by atoms with van der Waals surface area (Å²) >= 11 is 0. The number of halogens is 3. The molecule has 0 saturated heterocycles. The van der Waals surface area contributed by atoms with E-state index in [0.717, 1.165) is 71.9 Å². The van der Waals surface area contributed by atoms with E-state index in [-0.39, 0.29) is 0 Å². The van der Waals surface area contributed by atoms with Crippen molar-refractivity contribution in [3.05, 3.63) is 192 Å². The number of nitrogens with zero attached hydrogens (tertiary/aromatic N) is 5. The smallest absolute Gasteiger partial charge is 0.308 e. The highest BCUT2D eigenvalue weighted by Crippen LogP contribution is 2.45. The SMILES string of the molecule is N#Cc1cccc(-c2ccc3c(c2)c2ccccc2n3-c2cc(C#N)cc(-n3c4ccccc4c4cc(-c5cccc(C#N)c5)ccc43)c2-c2cccc(C(F)(F)F)c2)c1. The minimum atomic E-state index is -4.61. The van der Waals surface area contributed by atoms with Gasteiger partial charge >= 0.3 is 6.18 Å². The molecule has 5 nitrogen and oxygen atoms in total. The second kappa shape index (κ2) is 13.9. The summed E-state index contributed by atoms with van der Waals surface area (Å²) in [5.41, 5.74) is 9.22. The van der Waals surface area contributed by atoms with E-state index in [4.69, 9.17) is 0 Å². The number of para-hydroxylation sites is 2.